The highest BCUT2D eigenvalue weighted by molar-refractivity contribution is 14.1. The molecule has 2 aromatic rings. The normalized spacial score (nSPS) is 12.1. The molecule has 1 amide bonds. The number of benzene rings is 2. The minimum atomic E-state index is -3.78. The molecule has 0 aromatic heterocycles. The van der Waals surface area contributed by atoms with Crippen LogP contribution in [-0.4, -0.2) is 53.9 Å². The second-order valence-electron chi connectivity index (χ2n) is 6.56. The summed E-state index contributed by atoms with van der Waals surface area (Å²) in [5.41, 5.74) is 1.64. The quantitative estimate of drug-likeness (QED) is 0.532. The number of halogens is 1. The van der Waals surface area contributed by atoms with Crippen LogP contribution in [-0.2, 0) is 24.8 Å². The molecule has 0 aliphatic heterocycles. The lowest BCUT2D eigenvalue weighted by molar-refractivity contribution is -0.114. The molecule has 0 heterocycles. The van der Waals surface area contributed by atoms with Crippen molar-refractivity contribution in [1.82, 2.24) is 4.31 Å². The first-order chi connectivity index (χ1) is 13.3. The van der Waals surface area contributed by atoms with Crippen molar-refractivity contribution in [3.8, 4) is 0 Å². The molecule has 0 radical (unpaired) electrons. The fourth-order valence-corrected chi connectivity index (χ4v) is 4.89. The van der Waals surface area contributed by atoms with Gasteiger partial charge in [-0.3, -0.25) is 9.10 Å². The largest absolute Gasteiger partial charge is 0.324 e. The Bertz CT molecular complexity index is 1110. The molecule has 0 atom stereocenters. The van der Waals surface area contributed by atoms with E-state index in [0.29, 0.717) is 5.69 Å². The first kappa shape index (κ1) is 23.6. The molecule has 8 nitrogen and oxygen atoms in total. The molecule has 2 aromatic carbocycles. The number of hydrogen-bond acceptors (Lipinski definition) is 5. The molecular formula is C18H22IN3O5S2. The molecule has 0 bridgehead atoms. The van der Waals surface area contributed by atoms with Gasteiger partial charge in [0.2, 0.25) is 26.0 Å². The second-order valence-corrected chi connectivity index (χ2v) is 11.9. The highest BCUT2D eigenvalue weighted by Gasteiger charge is 2.23. The van der Waals surface area contributed by atoms with Crippen molar-refractivity contribution < 1.29 is 21.6 Å². The summed E-state index contributed by atoms with van der Waals surface area (Å²) in [5.74, 6) is -0.510. The predicted molar refractivity (Wildman–Crippen MR) is 122 cm³/mol. The number of amides is 1. The fourth-order valence-electron chi connectivity index (χ4n) is 2.48. The molecular weight excluding hydrogens is 529 g/mol. The first-order valence-electron chi connectivity index (χ1n) is 8.38. The van der Waals surface area contributed by atoms with Gasteiger partial charge in [0, 0.05) is 23.4 Å². The molecule has 0 aliphatic carbocycles. The Morgan fingerprint density at radius 3 is 2.10 bits per heavy atom. The van der Waals surface area contributed by atoms with Crippen molar-refractivity contribution in [2.24, 2.45) is 0 Å². The number of sulfonamides is 2. The third kappa shape index (κ3) is 5.90. The molecule has 11 heteroatoms. The summed E-state index contributed by atoms with van der Waals surface area (Å²) >= 11 is 2.16. The standard InChI is InChI=1S/C18H22IN3O5S2/c1-13-11-14(19)5-10-17(13)20-18(23)12-22(28(4,24)25)15-6-8-16(9-7-15)29(26,27)21(2)3/h5-11H,12H2,1-4H3,(H,20,23). The van der Waals surface area contributed by atoms with Crippen LogP contribution < -0.4 is 9.62 Å². The Balaban J connectivity index is 2.27. The molecule has 0 fully saturated rings. The monoisotopic (exact) mass is 551 g/mol. The lowest BCUT2D eigenvalue weighted by Crippen LogP contribution is -2.37. The highest BCUT2D eigenvalue weighted by atomic mass is 127. The predicted octanol–water partition coefficient (Wildman–Crippen LogP) is 2.25. The number of carbonyl (C=O) groups is 1. The molecule has 0 spiro atoms. The fraction of sp³-hybridized carbons (Fsp3) is 0.278. The molecule has 0 unspecified atom stereocenters. The number of carbonyl (C=O) groups excluding carboxylic acids is 1. The Morgan fingerprint density at radius 1 is 1.03 bits per heavy atom. The van der Waals surface area contributed by atoms with Gasteiger partial charge < -0.3 is 5.32 Å². The molecule has 158 valence electrons. The molecule has 0 aliphatic rings. The number of hydrogen-bond donors (Lipinski definition) is 1. The SMILES string of the molecule is Cc1cc(I)ccc1NC(=O)CN(c1ccc(S(=O)(=O)N(C)C)cc1)S(C)(=O)=O. The lowest BCUT2D eigenvalue weighted by atomic mass is 10.2. The van der Waals surface area contributed by atoms with E-state index in [4.69, 9.17) is 0 Å². The molecule has 0 saturated heterocycles. The molecule has 2 rings (SSSR count). The van der Waals surface area contributed by atoms with Crippen LogP contribution in [0.25, 0.3) is 0 Å². The zero-order chi connectivity index (χ0) is 22.0. The van der Waals surface area contributed by atoms with Gasteiger partial charge in [0.15, 0.2) is 0 Å². The third-order valence-electron chi connectivity index (χ3n) is 4.05. The van der Waals surface area contributed by atoms with E-state index in [-0.39, 0.29) is 10.6 Å². The van der Waals surface area contributed by atoms with E-state index in [1.807, 2.05) is 19.1 Å². The van der Waals surface area contributed by atoms with Gasteiger partial charge in [-0.1, -0.05) is 0 Å². The van der Waals surface area contributed by atoms with Gasteiger partial charge in [0.05, 0.1) is 16.8 Å². The second kappa shape index (κ2) is 8.98. The summed E-state index contributed by atoms with van der Waals surface area (Å²) in [6.07, 6.45) is 0.987. The van der Waals surface area contributed by atoms with Gasteiger partial charge in [0.25, 0.3) is 0 Å². The minimum Gasteiger partial charge on any atom is -0.324 e. The van der Waals surface area contributed by atoms with Gasteiger partial charge in [0.1, 0.15) is 6.54 Å². The van der Waals surface area contributed by atoms with Crippen LogP contribution in [0.5, 0.6) is 0 Å². The maximum Gasteiger partial charge on any atom is 0.245 e. The average Bonchev–Trinajstić information content (AvgIpc) is 2.61. The maximum atomic E-state index is 12.5. The summed E-state index contributed by atoms with van der Waals surface area (Å²) in [6.45, 7) is 1.40. The number of aryl methyl sites for hydroxylation is 1. The van der Waals surface area contributed by atoms with Crippen molar-refractivity contribution in [1.29, 1.82) is 0 Å². The van der Waals surface area contributed by atoms with Crippen molar-refractivity contribution in [2.45, 2.75) is 11.8 Å². The van der Waals surface area contributed by atoms with Crippen molar-refractivity contribution in [3.05, 3.63) is 51.6 Å². The Hall–Kier alpha value is -1.70. The Kier molecular flexibility index (Phi) is 7.30. The highest BCUT2D eigenvalue weighted by Crippen LogP contribution is 2.22. The summed E-state index contributed by atoms with van der Waals surface area (Å²) in [6, 6.07) is 10.8. The maximum absolute atomic E-state index is 12.5. The summed E-state index contributed by atoms with van der Waals surface area (Å²) < 4.78 is 51.8. The molecule has 29 heavy (non-hydrogen) atoms. The first-order valence-corrected chi connectivity index (χ1v) is 12.8. The van der Waals surface area contributed by atoms with Gasteiger partial charge in [-0.2, -0.15) is 0 Å². The van der Waals surface area contributed by atoms with Crippen molar-refractivity contribution in [3.63, 3.8) is 0 Å². The topological polar surface area (TPSA) is 104 Å². The van der Waals surface area contributed by atoms with Gasteiger partial charge in [-0.15, -0.1) is 0 Å². The van der Waals surface area contributed by atoms with Crippen LogP contribution in [0.15, 0.2) is 47.4 Å². The smallest absolute Gasteiger partial charge is 0.245 e. The van der Waals surface area contributed by atoms with E-state index in [2.05, 4.69) is 27.9 Å². The van der Waals surface area contributed by atoms with Crippen molar-refractivity contribution >= 4 is 59.9 Å². The van der Waals surface area contributed by atoms with Crippen LogP contribution in [0.2, 0.25) is 0 Å². The number of nitrogens with one attached hydrogen (secondary N) is 1. The Labute approximate surface area is 185 Å². The number of nitrogens with zero attached hydrogens (tertiary/aromatic N) is 2. The van der Waals surface area contributed by atoms with E-state index < -0.39 is 32.5 Å². The Morgan fingerprint density at radius 2 is 1.62 bits per heavy atom. The van der Waals surface area contributed by atoms with E-state index in [9.17, 15) is 21.6 Å². The van der Waals surface area contributed by atoms with E-state index in [1.54, 1.807) is 6.07 Å². The summed E-state index contributed by atoms with van der Waals surface area (Å²) in [4.78, 5) is 12.5. The average molecular weight is 551 g/mol. The van der Waals surface area contributed by atoms with Crippen LogP contribution in [0.3, 0.4) is 0 Å². The number of anilines is 2. The number of rotatable bonds is 7. The van der Waals surface area contributed by atoms with Gasteiger partial charge >= 0.3 is 0 Å². The van der Waals surface area contributed by atoms with Gasteiger partial charge in [-0.25, -0.2) is 21.1 Å². The van der Waals surface area contributed by atoms with E-state index in [0.717, 1.165) is 24.0 Å². The van der Waals surface area contributed by atoms with Crippen LogP contribution >= 0.6 is 22.6 Å². The van der Waals surface area contributed by atoms with E-state index in [1.165, 1.54) is 38.4 Å². The van der Waals surface area contributed by atoms with Crippen LogP contribution in [0, 0.1) is 10.5 Å². The molecule has 0 saturated carbocycles. The summed E-state index contributed by atoms with van der Waals surface area (Å²) in [5, 5.41) is 2.71. The third-order valence-corrected chi connectivity index (χ3v) is 7.69. The lowest BCUT2D eigenvalue weighted by Gasteiger charge is -2.22. The van der Waals surface area contributed by atoms with Crippen molar-refractivity contribution in [2.75, 3.05) is 36.5 Å². The zero-order valence-corrected chi connectivity index (χ0v) is 20.2. The summed E-state index contributed by atoms with van der Waals surface area (Å²) in [7, 11) is -4.61. The zero-order valence-electron chi connectivity index (χ0n) is 16.4. The van der Waals surface area contributed by atoms with Crippen LogP contribution in [0.4, 0.5) is 11.4 Å². The van der Waals surface area contributed by atoms with Crippen LogP contribution in [0.1, 0.15) is 5.56 Å². The minimum absolute atomic E-state index is 0.0265. The van der Waals surface area contributed by atoms with E-state index >= 15 is 0 Å². The van der Waals surface area contributed by atoms with Gasteiger partial charge in [-0.05, 0) is 77.5 Å². The molecule has 1 N–H and O–H groups in total.